The Morgan fingerprint density at radius 3 is 2.12 bits per heavy atom. The highest BCUT2D eigenvalue weighted by Crippen LogP contribution is 2.55. The lowest BCUT2D eigenvalue weighted by Gasteiger charge is -2.47. The van der Waals surface area contributed by atoms with Crippen molar-refractivity contribution in [1.82, 2.24) is 0 Å². The van der Waals surface area contributed by atoms with Gasteiger partial charge in [-0.2, -0.15) is 5.26 Å². The first-order chi connectivity index (χ1) is 7.83. The van der Waals surface area contributed by atoms with Crippen LogP contribution in [0.15, 0.2) is 0 Å². The van der Waals surface area contributed by atoms with Crippen LogP contribution in [0.2, 0.25) is 0 Å². The van der Waals surface area contributed by atoms with Gasteiger partial charge in [0.05, 0.1) is 17.1 Å². The standard InChI is InChI=1S/C15H25NO/c1-12-4-5-15(17,10-12)14(11-16)8-6-13(2,3)7-9-14/h12,17H,4-10H2,1-3H3. The Kier molecular flexibility index (Phi) is 3.02. The summed E-state index contributed by atoms with van der Waals surface area (Å²) in [5, 5.41) is 20.5. The van der Waals surface area contributed by atoms with E-state index in [1.54, 1.807) is 0 Å². The van der Waals surface area contributed by atoms with Crippen molar-refractivity contribution in [2.24, 2.45) is 16.7 Å². The Morgan fingerprint density at radius 2 is 1.71 bits per heavy atom. The summed E-state index contributed by atoms with van der Waals surface area (Å²) in [6, 6.07) is 2.51. The normalized spacial score (nSPS) is 39.8. The highest BCUT2D eigenvalue weighted by atomic mass is 16.3. The third kappa shape index (κ3) is 2.10. The molecule has 0 amide bonds. The summed E-state index contributed by atoms with van der Waals surface area (Å²) >= 11 is 0. The van der Waals surface area contributed by atoms with E-state index in [-0.39, 0.29) is 0 Å². The fourth-order valence-corrected chi connectivity index (χ4v) is 3.74. The molecule has 2 rings (SSSR count). The third-order valence-electron chi connectivity index (χ3n) is 5.30. The van der Waals surface area contributed by atoms with Gasteiger partial charge in [-0.3, -0.25) is 0 Å². The molecule has 17 heavy (non-hydrogen) atoms. The predicted octanol–water partition coefficient (Wildman–Crippen LogP) is 3.65. The highest BCUT2D eigenvalue weighted by Gasteiger charge is 2.55. The lowest BCUT2D eigenvalue weighted by molar-refractivity contribution is -0.0821. The molecule has 0 aromatic heterocycles. The lowest BCUT2D eigenvalue weighted by atomic mass is 9.58. The van der Waals surface area contributed by atoms with Crippen LogP contribution < -0.4 is 0 Å². The Bertz CT molecular complexity index is 331. The molecule has 0 aliphatic heterocycles. The van der Waals surface area contributed by atoms with Crippen molar-refractivity contribution < 1.29 is 5.11 Å². The topological polar surface area (TPSA) is 44.0 Å². The summed E-state index contributed by atoms with van der Waals surface area (Å²) in [6.07, 6.45) is 6.60. The number of hydrogen-bond acceptors (Lipinski definition) is 2. The van der Waals surface area contributed by atoms with E-state index in [9.17, 15) is 10.4 Å². The number of rotatable bonds is 1. The van der Waals surface area contributed by atoms with Crippen LogP contribution in [0, 0.1) is 28.1 Å². The van der Waals surface area contributed by atoms with Crippen LogP contribution in [0.25, 0.3) is 0 Å². The molecule has 0 aromatic rings. The molecule has 0 spiro atoms. The first-order valence-corrected chi connectivity index (χ1v) is 6.96. The molecular formula is C15H25NO. The second-order valence-corrected chi connectivity index (χ2v) is 7.24. The Balaban J connectivity index is 2.20. The predicted molar refractivity (Wildman–Crippen MR) is 68.3 cm³/mol. The van der Waals surface area contributed by atoms with Gasteiger partial charge in [0.15, 0.2) is 0 Å². The minimum absolute atomic E-state index is 0.348. The van der Waals surface area contributed by atoms with Gasteiger partial charge in [0.2, 0.25) is 0 Å². The molecule has 2 fully saturated rings. The molecule has 0 aromatic carbocycles. The second kappa shape index (κ2) is 3.99. The Morgan fingerprint density at radius 1 is 1.12 bits per heavy atom. The monoisotopic (exact) mass is 235 g/mol. The number of hydrogen-bond donors (Lipinski definition) is 1. The first-order valence-electron chi connectivity index (χ1n) is 6.96. The van der Waals surface area contributed by atoms with E-state index < -0.39 is 11.0 Å². The highest BCUT2D eigenvalue weighted by molar-refractivity contribution is 5.15. The molecule has 2 unspecified atom stereocenters. The van der Waals surface area contributed by atoms with Crippen LogP contribution in [0.5, 0.6) is 0 Å². The van der Waals surface area contributed by atoms with Crippen molar-refractivity contribution >= 4 is 0 Å². The molecule has 0 bridgehead atoms. The van der Waals surface area contributed by atoms with Crippen molar-refractivity contribution in [3.05, 3.63) is 0 Å². The maximum Gasteiger partial charge on any atom is 0.0860 e. The van der Waals surface area contributed by atoms with Crippen molar-refractivity contribution in [3.8, 4) is 6.07 Å². The van der Waals surface area contributed by atoms with E-state index in [0.29, 0.717) is 11.3 Å². The average Bonchev–Trinajstić information content (AvgIpc) is 2.61. The van der Waals surface area contributed by atoms with E-state index in [0.717, 1.165) is 44.9 Å². The SMILES string of the molecule is CC1CCC(O)(C2(C#N)CCC(C)(C)CC2)C1. The molecule has 0 radical (unpaired) electrons. The Labute approximate surface area is 105 Å². The lowest BCUT2D eigenvalue weighted by Crippen LogP contribution is -2.48. The maximum absolute atomic E-state index is 10.9. The summed E-state index contributed by atoms with van der Waals surface area (Å²) < 4.78 is 0. The molecule has 2 aliphatic carbocycles. The number of aliphatic hydroxyl groups is 1. The van der Waals surface area contributed by atoms with Crippen molar-refractivity contribution in [1.29, 1.82) is 5.26 Å². The smallest absolute Gasteiger partial charge is 0.0860 e. The van der Waals surface area contributed by atoms with Crippen LogP contribution >= 0.6 is 0 Å². The minimum Gasteiger partial charge on any atom is -0.388 e. The van der Waals surface area contributed by atoms with Gasteiger partial charge < -0.3 is 5.11 Å². The van der Waals surface area contributed by atoms with E-state index in [2.05, 4.69) is 26.8 Å². The van der Waals surface area contributed by atoms with E-state index in [1.807, 2.05) is 0 Å². The minimum atomic E-state index is -0.711. The summed E-state index contributed by atoms with van der Waals surface area (Å²) in [5.74, 6) is 0.570. The number of nitrogens with zero attached hydrogens (tertiary/aromatic N) is 1. The van der Waals surface area contributed by atoms with Gasteiger partial charge in [0.25, 0.3) is 0 Å². The molecule has 1 N–H and O–H groups in total. The van der Waals surface area contributed by atoms with Gasteiger partial charge in [0.1, 0.15) is 0 Å². The summed E-state index contributed by atoms with van der Waals surface area (Å²) in [4.78, 5) is 0. The molecule has 2 aliphatic rings. The molecular weight excluding hydrogens is 210 g/mol. The van der Waals surface area contributed by atoms with Gasteiger partial charge in [0, 0.05) is 0 Å². The van der Waals surface area contributed by atoms with Crippen LogP contribution in [0.1, 0.15) is 65.7 Å². The average molecular weight is 235 g/mol. The quantitative estimate of drug-likeness (QED) is 0.754. The molecule has 2 saturated carbocycles. The molecule has 0 saturated heterocycles. The van der Waals surface area contributed by atoms with Crippen LogP contribution in [-0.4, -0.2) is 10.7 Å². The number of nitriles is 1. The zero-order chi connectivity index (χ0) is 12.7. The van der Waals surface area contributed by atoms with Crippen LogP contribution in [-0.2, 0) is 0 Å². The summed E-state index contributed by atoms with van der Waals surface area (Å²) in [5.41, 5.74) is -0.828. The molecule has 0 heterocycles. The van der Waals surface area contributed by atoms with Crippen LogP contribution in [0.3, 0.4) is 0 Å². The largest absolute Gasteiger partial charge is 0.388 e. The van der Waals surface area contributed by atoms with Gasteiger partial charge in [-0.25, -0.2) is 0 Å². The maximum atomic E-state index is 10.9. The fraction of sp³-hybridized carbons (Fsp3) is 0.933. The molecule has 2 heteroatoms. The van der Waals surface area contributed by atoms with Gasteiger partial charge >= 0.3 is 0 Å². The third-order valence-corrected chi connectivity index (χ3v) is 5.30. The van der Waals surface area contributed by atoms with Gasteiger partial charge in [-0.15, -0.1) is 0 Å². The zero-order valence-electron chi connectivity index (χ0n) is 11.4. The summed E-state index contributed by atoms with van der Waals surface area (Å²) in [6.45, 7) is 6.74. The van der Waals surface area contributed by atoms with Gasteiger partial charge in [-0.1, -0.05) is 20.8 Å². The van der Waals surface area contributed by atoms with E-state index in [1.165, 1.54) is 0 Å². The van der Waals surface area contributed by atoms with Crippen molar-refractivity contribution in [3.63, 3.8) is 0 Å². The molecule has 2 atom stereocenters. The van der Waals surface area contributed by atoms with Gasteiger partial charge in [-0.05, 0) is 56.3 Å². The first kappa shape index (κ1) is 12.9. The Hall–Kier alpha value is -0.550. The molecule has 96 valence electrons. The zero-order valence-corrected chi connectivity index (χ0v) is 11.4. The van der Waals surface area contributed by atoms with E-state index in [4.69, 9.17) is 0 Å². The second-order valence-electron chi connectivity index (χ2n) is 7.24. The van der Waals surface area contributed by atoms with E-state index >= 15 is 0 Å². The fourth-order valence-electron chi connectivity index (χ4n) is 3.74. The summed E-state index contributed by atoms with van der Waals surface area (Å²) in [7, 11) is 0. The molecule has 2 nitrogen and oxygen atoms in total. The van der Waals surface area contributed by atoms with Crippen molar-refractivity contribution in [2.75, 3.05) is 0 Å². The van der Waals surface area contributed by atoms with Crippen molar-refractivity contribution in [2.45, 2.75) is 71.3 Å². The van der Waals surface area contributed by atoms with Crippen LogP contribution in [0.4, 0.5) is 0 Å².